The lowest BCUT2D eigenvalue weighted by atomic mass is 10.0. The minimum absolute atomic E-state index is 0.0209. The van der Waals surface area contributed by atoms with Gasteiger partial charge in [0.25, 0.3) is 0 Å². The Morgan fingerprint density at radius 3 is 2.11 bits per heavy atom. The number of carboxylic acids is 1. The minimum Gasteiger partial charge on any atom is -0.480 e. The van der Waals surface area contributed by atoms with E-state index in [-0.39, 0.29) is 24.5 Å². The molecule has 0 aromatic heterocycles. The summed E-state index contributed by atoms with van der Waals surface area (Å²) in [6, 6.07) is 3.47. The molecule has 0 aliphatic heterocycles. The lowest BCUT2D eigenvalue weighted by Crippen LogP contribution is -2.42. The van der Waals surface area contributed by atoms with Gasteiger partial charge >= 0.3 is 23.9 Å². The van der Waals surface area contributed by atoms with Crippen molar-refractivity contribution >= 4 is 23.9 Å². The van der Waals surface area contributed by atoms with Crippen molar-refractivity contribution in [2.75, 3.05) is 6.54 Å². The summed E-state index contributed by atoms with van der Waals surface area (Å²) in [6.45, 7) is 5.47. The predicted molar refractivity (Wildman–Crippen MR) is 93.4 cm³/mol. The Kier molecular flexibility index (Phi) is 8.40. The molecule has 0 fully saturated rings. The third-order valence-electron chi connectivity index (χ3n) is 3.27. The van der Waals surface area contributed by atoms with Crippen LogP contribution >= 0.6 is 0 Å². The first-order valence-electron chi connectivity index (χ1n) is 8.21. The number of carboxylic acid groups (broad SMARTS) is 1. The number of ether oxygens (including phenoxy) is 3. The molecular weight excluding hydrogens is 358 g/mol. The molecule has 0 spiro atoms. The maximum Gasteiger partial charge on any atom is 0.321 e. The van der Waals surface area contributed by atoms with Gasteiger partial charge in [0.05, 0.1) is 0 Å². The number of hydrogen-bond donors (Lipinski definition) is 2. The van der Waals surface area contributed by atoms with Crippen LogP contribution in [-0.4, -0.2) is 47.7 Å². The number of hydrogen-bond acceptors (Lipinski definition) is 8. The van der Waals surface area contributed by atoms with Crippen LogP contribution in [0.2, 0.25) is 0 Å². The Bertz CT molecular complexity index is 715. The number of carbonyl (C=O) groups is 4. The summed E-state index contributed by atoms with van der Waals surface area (Å²) in [4.78, 5) is 44.8. The van der Waals surface area contributed by atoms with Crippen LogP contribution < -0.4 is 14.8 Å². The van der Waals surface area contributed by atoms with Crippen LogP contribution in [0.15, 0.2) is 18.2 Å². The van der Waals surface area contributed by atoms with E-state index >= 15 is 0 Å². The molecule has 0 heterocycles. The van der Waals surface area contributed by atoms with Gasteiger partial charge in [-0.1, -0.05) is 6.07 Å². The summed E-state index contributed by atoms with van der Waals surface area (Å²) in [7, 11) is 0. The van der Waals surface area contributed by atoms with Gasteiger partial charge in [-0.3, -0.25) is 19.2 Å². The summed E-state index contributed by atoms with van der Waals surface area (Å²) >= 11 is 0. The Hall–Kier alpha value is -2.94. The average molecular weight is 381 g/mol. The quantitative estimate of drug-likeness (QED) is 0.477. The number of carbonyl (C=O) groups excluding carboxylic acids is 3. The first kappa shape index (κ1) is 22.1. The second-order valence-electron chi connectivity index (χ2n) is 5.89. The molecule has 0 saturated heterocycles. The number of aliphatic carboxylic acids is 1. The van der Waals surface area contributed by atoms with E-state index in [2.05, 4.69) is 5.32 Å². The predicted octanol–water partition coefficient (Wildman–Crippen LogP) is 1.07. The van der Waals surface area contributed by atoms with Gasteiger partial charge in [-0.15, -0.1) is 0 Å². The van der Waals surface area contributed by atoms with Gasteiger partial charge in [0.1, 0.15) is 12.1 Å². The van der Waals surface area contributed by atoms with Crippen LogP contribution in [0.3, 0.4) is 0 Å². The van der Waals surface area contributed by atoms with Crippen molar-refractivity contribution in [3.63, 3.8) is 0 Å². The molecule has 1 unspecified atom stereocenters. The maximum absolute atomic E-state index is 11.5. The van der Waals surface area contributed by atoms with Crippen molar-refractivity contribution in [2.45, 2.75) is 46.3 Å². The molecule has 27 heavy (non-hydrogen) atoms. The standard InChI is InChI=1S/C18H23NO8/c1-10(25-11(2)20)9-19-15(18(23)24)7-14-5-6-16(26-12(3)21)17(8-14)27-13(4)22/h5-6,8,10,15,19H,7,9H2,1-4H3,(H,23,24)/t10?,15-/m0/s1. The largest absolute Gasteiger partial charge is 0.480 e. The smallest absolute Gasteiger partial charge is 0.321 e. The Labute approximate surface area is 156 Å². The fourth-order valence-electron chi connectivity index (χ4n) is 2.27. The molecule has 9 heteroatoms. The summed E-state index contributed by atoms with van der Waals surface area (Å²) in [5.41, 5.74) is 0.544. The maximum atomic E-state index is 11.5. The van der Waals surface area contributed by atoms with Crippen LogP contribution in [-0.2, 0) is 30.3 Å². The molecule has 1 rings (SSSR count). The fourth-order valence-corrected chi connectivity index (χ4v) is 2.27. The number of esters is 3. The van der Waals surface area contributed by atoms with Gasteiger partial charge in [0, 0.05) is 27.3 Å². The highest BCUT2D eigenvalue weighted by Gasteiger charge is 2.20. The molecule has 0 aliphatic rings. The van der Waals surface area contributed by atoms with E-state index in [0.717, 1.165) is 0 Å². The highest BCUT2D eigenvalue weighted by atomic mass is 16.6. The monoisotopic (exact) mass is 381 g/mol. The number of nitrogens with one attached hydrogen (secondary N) is 1. The van der Waals surface area contributed by atoms with Gasteiger partial charge in [-0.25, -0.2) is 0 Å². The van der Waals surface area contributed by atoms with E-state index in [0.29, 0.717) is 5.56 Å². The molecule has 1 aromatic carbocycles. The number of rotatable bonds is 9. The van der Waals surface area contributed by atoms with Crippen molar-refractivity contribution in [1.82, 2.24) is 5.32 Å². The third kappa shape index (κ3) is 8.32. The summed E-state index contributed by atoms with van der Waals surface area (Å²) in [5, 5.41) is 12.2. The van der Waals surface area contributed by atoms with Crippen LogP contribution in [0, 0.1) is 0 Å². The summed E-state index contributed by atoms with van der Waals surface area (Å²) in [5.74, 6) is -2.66. The topological polar surface area (TPSA) is 128 Å². The van der Waals surface area contributed by atoms with Crippen molar-refractivity contribution in [3.05, 3.63) is 23.8 Å². The lowest BCUT2D eigenvalue weighted by molar-refractivity contribution is -0.145. The third-order valence-corrected chi connectivity index (χ3v) is 3.27. The first-order chi connectivity index (χ1) is 12.6. The highest BCUT2D eigenvalue weighted by molar-refractivity contribution is 5.75. The Balaban J connectivity index is 2.91. The molecule has 0 radical (unpaired) electrons. The van der Waals surface area contributed by atoms with Crippen molar-refractivity contribution in [2.24, 2.45) is 0 Å². The van der Waals surface area contributed by atoms with Gasteiger partial charge in [-0.2, -0.15) is 0 Å². The van der Waals surface area contributed by atoms with E-state index in [4.69, 9.17) is 14.2 Å². The van der Waals surface area contributed by atoms with Gasteiger partial charge in [-0.05, 0) is 31.0 Å². The second-order valence-corrected chi connectivity index (χ2v) is 5.89. The van der Waals surface area contributed by atoms with E-state index in [9.17, 15) is 24.3 Å². The molecule has 0 bridgehead atoms. The molecular formula is C18H23NO8. The SMILES string of the molecule is CC(=O)Oc1ccc(C[C@H](NCC(C)OC(C)=O)C(=O)O)cc1OC(C)=O. The zero-order chi connectivity index (χ0) is 20.6. The molecule has 0 saturated carbocycles. The number of benzene rings is 1. The van der Waals surface area contributed by atoms with Crippen LogP contribution in [0.1, 0.15) is 33.3 Å². The molecule has 0 amide bonds. The van der Waals surface area contributed by atoms with E-state index in [1.54, 1.807) is 13.0 Å². The van der Waals surface area contributed by atoms with E-state index in [1.807, 2.05) is 0 Å². The Morgan fingerprint density at radius 1 is 1.00 bits per heavy atom. The van der Waals surface area contributed by atoms with Gasteiger partial charge in [0.2, 0.25) is 0 Å². The molecule has 0 aliphatic carbocycles. The van der Waals surface area contributed by atoms with E-state index < -0.39 is 36.0 Å². The van der Waals surface area contributed by atoms with Crippen LogP contribution in [0.4, 0.5) is 0 Å². The van der Waals surface area contributed by atoms with Crippen molar-refractivity contribution in [3.8, 4) is 11.5 Å². The van der Waals surface area contributed by atoms with Crippen LogP contribution in [0.25, 0.3) is 0 Å². The summed E-state index contributed by atoms with van der Waals surface area (Å²) in [6.07, 6.45) is -0.427. The fraction of sp³-hybridized carbons (Fsp3) is 0.444. The lowest BCUT2D eigenvalue weighted by Gasteiger charge is -2.18. The zero-order valence-electron chi connectivity index (χ0n) is 15.6. The normalized spacial score (nSPS) is 12.6. The highest BCUT2D eigenvalue weighted by Crippen LogP contribution is 2.29. The van der Waals surface area contributed by atoms with Gasteiger partial charge < -0.3 is 24.6 Å². The Morgan fingerprint density at radius 2 is 1.59 bits per heavy atom. The first-order valence-corrected chi connectivity index (χ1v) is 8.21. The molecule has 148 valence electrons. The van der Waals surface area contributed by atoms with E-state index in [1.165, 1.54) is 32.9 Å². The molecule has 2 atom stereocenters. The van der Waals surface area contributed by atoms with Gasteiger partial charge in [0.15, 0.2) is 11.5 Å². The second kappa shape index (κ2) is 10.3. The van der Waals surface area contributed by atoms with Crippen molar-refractivity contribution in [1.29, 1.82) is 0 Å². The minimum atomic E-state index is -1.09. The summed E-state index contributed by atoms with van der Waals surface area (Å²) < 4.78 is 14.9. The van der Waals surface area contributed by atoms with Crippen molar-refractivity contribution < 1.29 is 38.5 Å². The van der Waals surface area contributed by atoms with Crippen LogP contribution in [0.5, 0.6) is 11.5 Å². The average Bonchev–Trinajstić information content (AvgIpc) is 2.51. The zero-order valence-corrected chi connectivity index (χ0v) is 15.6. The molecule has 9 nitrogen and oxygen atoms in total. The molecule has 1 aromatic rings. The molecule has 2 N–H and O–H groups in total.